The number of alkyl halides is 3. The molecule has 0 spiro atoms. The van der Waals surface area contributed by atoms with E-state index in [2.05, 4.69) is 5.10 Å². The second-order valence-corrected chi connectivity index (χ2v) is 4.13. The third-order valence-corrected chi connectivity index (χ3v) is 2.69. The van der Waals surface area contributed by atoms with E-state index in [1.807, 2.05) is 0 Å². The number of ether oxygens (including phenoxy) is 2. The van der Waals surface area contributed by atoms with Crippen LogP contribution in [0.25, 0.3) is 0 Å². The highest BCUT2D eigenvalue weighted by Crippen LogP contribution is 2.27. The van der Waals surface area contributed by atoms with Gasteiger partial charge in [-0.2, -0.15) is 18.3 Å². The van der Waals surface area contributed by atoms with E-state index in [1.54, 1.807) is 0 Å². The van der Waals surface area contributed by atoms with Gasteiger partial charge in [0.1, 0.15) is 0 Å². The van der Waals surface area contributed by atoms with Crippen molar-refractivity contribution >= 4 is 0 Å². The normalized spacial score (nSPS) is 21.2. The Morgan fingerprint density at radius 3 is 2.89 bits per heavy atom. The van der Waals surface area contributed by atoms with Crippen LogP contribution in [-0.2, 0) is 22.2 Å². The minimum Gasteiger partial charge on any atom is -0.353 e. The summed E-state index contributed by atoms with van der Waals surface area (Å²) >= 11 is 0. The summed E-state index contributed by atoms with van der Waals surface area (Å²) in [6.45, 7) is 1.27. The summed E-state index contributed by atoms with van der Waals surface area (Å²) in [6, 6.07) is 0.955. The van der Waals surface area contributed by atoms with Gasteiger partial charge in [0.25, 0.3) is 0 Å². The first kappa shape index (κ1) is 13.4. The molecule has 0 amide bonds. The maximum absolute atomic E-state index is 12.3. The molecule has 0 aromatic carbocycles. The van der Waals surface area contributed by atoms with Crippen LogP contribution in [0.5, 0.6) is 0 Å². The van der Waals surface area contributed by atoms with Crippen LogP contribution in [-0.4, -0.2) is 29.3 Å². The van der Waals surface area contributed by atoms with Crippen molar-refractivity contribution in [3.8, 4) is 0 Å². The molecule has 1 aromatic rings. The molecule has 2 rings (SSSR count). The highest BCUT2D eigenvalue weighted by Gasteiger charge is 2.33. The Morgan fingerprint density at radius 1 is 1.44 bits per heavy atom. The highest BCUT2D eigenvalue weighted by molar-refractivity contribution is 5.03. The molecule has 1 aliphatic heterocycles. The summed E-state index contributed by atoms with van der Waals surface area (Å²) in [5.41, 5.74) is -0.878. The van der Waals surface area contributed by atoms with Crippen LogP contribution in [0.1, 0.15) is 25.0 Å². The van der Waals surface area contributed by atoms with E-state index in [1.165, 1.54) is 10.9 Å². The lowest BCUT2D eigenvalue weighted by Gasteiger charge is -2.22. The Morgan fingerprint density at radius 2 is 2.28 bits per heavy atom. The Bertz CT molecular complexity index is 373. The summed E-state index contributed by atoms with van der Waals surface area (Å²) < 4.78 is 48.9. The number of hydrogen-bond donors (Lipinski definition) is 0. The Balaban J connectivity index is 1.74. The van der Waals surface area contributed by atoms with E-state index in [4.69, 9.17) is 9.47 Å². The second kappa shape index (κ2) is 5.71. The smallest absolute Gasteiger partial charge is 0.353 e. The third kappa shape index (κ3) is 3.71. The zero-order chi connectivity index (χ0) is 13.0. The molecule has 4 nitrogen and oxygen atoms in total. The first-order valence-corrected chi connectivity index (χ1v) is 5.89. The van der Waals surface area contributed by atoms with Crippen molar-refractivity contribution in [3.05, 3.63) is 18.0 Å². The number of nitrogens with zero attached hydrogens (tertiary/aromatic N) is 2. The molecule has 1 fully saturated rings. The van der Waals surface area contributed by atoms with Gasteiger partial charge in [0.15, 0.2) is 12.0 Å². The van der Waals surface area contributed by atoms with Crippen LogP contribution in [0.2, 0.25) is 0 Å². The van der Waals surface area contributed by atoms with Gasteiger partial charge in [0.2, 0.25) is 0 Å². The standard InChI is InChI=1S/C11H15F3N2O2/c12-11(13,14)9-4-5-16(15-9)6-8-18-10-3-1-2-7-17-10/h4-5,10H,1-3,6-8H2. The van der Waals surface area contributed by atoms with Crippen LogP contribution in [0.4, 0.5) is 13.2 Å². The predicted molar refractivity (Wildman–Crippen MR) is 56.8 cm³/mol. The van der Waals surface area contributed by atoms with E-state index in [9.17, 15) is 13.2 Å². The molecule has 2 heterocycles. The fourth-order valence-electron chi connectivity index (χ4n) is 1.76. The molecule has 1 aliphatic rings. The lowest BCUT2D eigenvalue weighted by molar-refractivity contribution is -0.164. The van der Waals surface area contributed by atoms with E-state index < -0.39 is 11.9 Å². The monoisotopic (exact) mass is 264 g/mol. The molecule has 18 heavy (non-hydrogen) atoms. The third-order valence-electron chi connectivity index (χ3n) is 2.69. The first-order chi connectivity index (χ1) is 8.55. The first-order valence-electron chi connectivity index (χ1n) is 5.89. The molecule has 1 unspecified atom stereocenters. The number of hydrogen-bond acceptors (Lipinski definition) is 3. The number of halogens is 3. The lowest BCUT2D eigenvalue weighted by atomic mass is 10.2. The van der Waals surface area contributed by atoms with E-state index >= 15 is 0 Å². The summed E-state index contributed by atoms with van der Waals surface area (Å²) in [5.74, 6) is 0. The fraction of sp³-hybridized carbons (Fsp3) is 0.727. The summed E-state index contributed by atoms with van der Waals surface area (Å²) in [5, 5.41) is 3.44. The van der Waals surface area contributed by atoms with Crippen LogP contribution in [0.15, 0.2) is 12.3 Å². The molecule has 7 heteroatoms. The molecule has 0 radical (unpaired) electrons. The van der Waals surface area contributed by atoms with Crippen molar-refractivity contribution in [1.82, 2.24) is 9.78 Å². The molecule has 1 saturated heterocycles. The zero-order valence-corrected chi connectivity index (χ0v) is 9.82. The minimum atomic E-state index is -4.39. The predicted octanol–water partition coefficient (Wildman–Crippen LogP) is 2.45. The van der Waals surface area contributed by atoms with Gasteiger partial charge in [-0.25, -0.2) is 0 Å². The number of aromatic nitrogens is 2. The van der Waals surface area contributed by atoms with Gasteiger partial charge < -0.3 is 9.47 Å². The summed E-state index contributed by atoms with van der Waals surface area (Å²) in [7, 11) is 0. The van der Waals surface area contributed by atoms with Crippen LogP contribution in [0.3, 0.4) is 0 Å². The minimum absolute atomic E-state index is 0.226. The largest absolute Gasteiger partial charge is 0.435 e. The lowest BCUT2D eigenvalue weighted by Crippen LogP contribution is -2.24. The zero-order valence-electron chi connectivity index (χ0n) is 9.82. The van der Waals surface area contributed by atoms with Gasteiger partial charge in [-0.05, 0) is 25.3 Å². The quantitative estimate of drug-likeness (QED) is 0.838. The van der Waals surface area contributed by atoms with Crippen LogP contribution >= 0.6 is 0 Å². The molecular formula is C11H15F3N2O2. The average Bonchev–Trinajstić information content (AvgIpc) is 2.79. The van der Waals surface area contributed by atoms with Gasteiger partial charge in [-0.3, -0.25) is 4.68 Å². The van der Waals surface area contributed by atoms with Gasteiger partial charge in [-0.1, -0.05) is 0 Å². The molecule has 0 saturated carbocycles. The van der Waals surface area contributed by atoms with E-state index in [-0.39, 0.29) is 12.8 Å². The van der Waals surface area contributed by atoms with Crippen molar-refractivity contribution in [2.45, 2.75) is 38.3 Å². The fourth-order valence-corrected chi connectivity index (χ4v) is 1.76. The molecule has 0 aliphatic carbocycles. The van der Waals surface area contributed by atoms with Gasteiger partial charge in [0.05, 0.1) is 13.2 Å². The Labute approximate surface area is 103 Å². The molecule has 1 atom stereocenters. The highest BCUT2D eigenvalue weighted by atomic mass is 19.4. The van der Waals surface area contributed by atoms with Crippen molar-refractivity contribution in [3.63, 3.8) is 0 Å². The van der Waals surface area contributed by atoms with E-state index in [0.717, 1.165) is 25.3 Å². The number of rotatable bonds is 4. The molecule has 102 valence electrons. The maximum Gasteiger partial charge on any atom is 0.435 e. The van der Waals surface area contributed by atoms with Gasteiger partial charge in [-0.15, -0.1) is 0 Å². The SMILES string of the molecule is FC(F)(F)c1ccn(CCOC2CCCCO2)n1. The molecular weight excluding hydrogens is 249 g/mol. The Hall–Kier alpha value is -1.08. The Kier molecular flexibility index (Phi) is 4.23. The van der Waals surface area contributed by atoms with Crippen LogP contribution in [0, 0.1) is 0 Å². The van der Waals surface area contributed by atoms with Crippen molar-refractivity contribution in [2.75, 3.05) is 13.2 Å². The average molecular weight is 264 g/mol. The van der Waals surface area contributed by atoms with E-state index in [0.29, 0.717) is 13.2 Å². The van der Waals surface area contributed by atoms with Crippen LogP contribution < -0.4 is 0 Å². The van der Waals surface area contributed by atoms with Crippen molar-refractivity contribution in [1.29, 1.82) is 0 Å². The summed E-state index contributed by atoms with van der Waals surface area (Å²) in [4.78, 5) is 0. The molecule has 0 bridgehead atoms. The van der Waals surface area contributed by atoms with Gasteiger partial charge in [0, 0.05) is 12.8 Å². The molecule has 0 N–H and O–H groups in total. The topological polar surface area (TPSA) is 36.3 Å². The van der Waals surface area contributed by atoms with Crippen molar-refractivity contribution in [2.24, 2.45) is 0 Å². The summed E-state index contributed by atoms with van der Waals surface area (Å²) in [6.07, 6.45) is -0.380. The molecule has 1 aromatic heterocycles. The maximum atomic E-state index is 12.3. The second-order valence-electron chi connectivity index (χ2n) is 4.13. The van der Waals surface area contributed by atoms with Crippen molar-refractivity contribution < 1.29 is 22.6 Å². The van der Waals surface area contributed by atoms with Gasteiger partial charge >= 0.3 is 6.18 Å².